The molecule has 0 radical (unpaired) electrons. The number of hydrogen-bond acceptors (Lipinski definition) is 2. The number of ketones is 1. The molecule has 0 bridgehead atoms. The van der Waals surface area contributed by atoms with Crippen molar-refractivity contribution in [3.05, 3.63) is 12.2 Å². The fourth-order valence-corrected chi connectivity index (χ4v) is 1.67. The Morgan fingerprint density at radius 2 is 1.69 bits per heavy atom. The molecule has 0 saturated carbocycles. The average Bonchev–Trinajstić information content (AvgIpc) is 2.21. The topological polar surface area (TPSA) is 34.1 Å². The van der Waals surface area contributed by atoms with E-state index in [-0.39, 0.29) is 11.8 Å². The van der Waals surface area contributed by atoms with Crippen LogP contribution in [-0.2, 0) is 9.59 Å². The Hall–Kier alpha value is -0.920. The van der Waals surface area contributed by atoms with Gasteiger partial charge in [-0.1, -0.05) is 39.8 Å². The lowest BCUT2D eigenvalue weighted by atomic mass is 9.84. The van der Waals surface area contributed by atoms with Crippen molar-refractivity contribution >= 4 is 12.1 Å². The molecule has 0 N–H and O–H groups in total. The van der Waals surface area contributed by atoms with Gasteiger partial charge in [0.2, 0.25) is 0 Å². The lowest BCUT2D eigenvalue weighted by molar-refractivity contribution is -0.127. The molecule has 0 aromatic rings. The van der Waals surface area contributed by atoms with Crippen molar-refractivity contribution in [1.29, 1.82) is 0 Å². The largest absolute Gasteiger partial charge is 0.303 e. The number of rotatable bonds is 8. The Balaban J connectivity index is 4.19. The Labute approximate surface area is 99.1 Å². The van der Waals surface area contributed by atoms with Crippen molar-refractivity contribution in [1.82, 2.24) is 0 Å². The van der Waals surface area contributed by atoms with Crippen LogP contribution in [0.2, 0.25) is 0 Å². The van der Waals surface area contributed by atoms with E-state index in [9.17, 15) is 9.59 Å². The number of allylic oxidation sites excluding steroid dienone is 2. The van der Waals surface area contributed by atoms with Crippen LogP contribution in [0, 0.1) is 17.8 Å². The van der Waals surface area contributed by atoms with Crippen molar-refractivity contribution in [2.24, 2.45) is 17.8 Å². The van der Waals surface area contributed by atoms with Gasteiger partial charge in [-0.15, -0.1) is 0 Å². The zero-order valence-corrected chi connectivity index (χ0v) is 10.9. The predicted molar refractivity (Wildman–Crippen MR) is 67.2 cm³/mol. The van der Waals surface area contributed by atoms with Gasteiger partial charge in [0.25, 0.3) is 0 Å². The first-order valence-electron chi connectivity index (χ1n) is 6.13. The maximum absolute atomic E-state index is 11.9. The van der Waals surface area contributed by atoms with E-state index in [2.05, 4.69) is 13.8 Å². The van der Waals surface area contributed by atoms with Gasteiger partial charge in [0.1, 0.15) is 12.1 Å². The number of aldehydes is 1. The molecule has 0 aliphatic carbocycles. The summed E-state index contributed by atoms with van der Waals surface area (Å²) >= 11 is 0. The molecular weight excluding hydrogens is 200 g/mol. The Morgan fingerprint density at radius 3 is 2.12 bits per heavy atom. The molecule has 2 heteroatoms. The monoisotopic (exact) mass is 224 g/mol. The number of hydrogen-bond donors (Lipinski definition) is 0. The first-order chi connectivity index (χ1) is 7.50. The summed E-state index contributed by atoms with van der Waals surface area (Å²) in [6.45, 7) is 8.08. The standard InChI is InChI=1S/C14H24O2/c1-11(2)13(14(16)12(3)4)9-7-5-6-8-10-15/h5,7,10-13H,6,8-9H2,1-4H3/t13-/m0/s1. The first kappa shape index (κ1) is 15.1. The van der Waals surface area contributed by atoms with Crippen molar-refractivity contribution in [2.45, 2.75) is 47.0 Å². The maximum atomic E-state index is 11.9. The van der Waals surface area contributed by atoms with E-state index in [0.717, 1.165) is 19.1 Å². The van der Waals surface area contributed by atoms with Crippen LogP contribution in [0.4, 0.5) is 0 Å². The molecule has 1 atom stereocenters. The third kappa shape index (κ3) is 5.84. The summed E-state index contributed by atoms with van der Waals surface area (Å²) < 4.78 is 0. The van der Waals surface area contributed by atoms with E-state index in [1.165, 1.54) is 0 Å². The summed E-state index contributed by atoms with van der Waals surface area (Å²) in [5, 5.41) is 0. The number of Topliss-reactive ketones (excluding diaryl/α,β-unsaturated/α-hetero) is 1. The van der Waals surface area contributed by atoms with Crippen LogP contribution in [0.25, 0.3) is 0 Å². The molecule has 0 unspecified atom stereocenters. The number of carbonyl (C=O) groups is 2. The SMILES string of the molecule is CC(C)C(=O)[C@@H](CC=CCCC=O)C(C)C. The van der Waals surface area contributed by atoms with Gasteiger partial charge in [-0.2, -0.15) is 0 Å². The predicted octanol–water partition coefficient (Wildman–Crippen LogP) is 3.41. The van der Waals surface area contributed by atoms with E-state index in [4.69, 9.17) is 0 Å². The lowest BCUT2D eigenvalue weighted by Gasteiger charge is -2.19. The smallest absolute Gasteiger partial charge is 0.139 e. The van der Waals surface area contributed by atoms with Crippen LogP contribution in [0.3, 0.4) is 0 Å². The molecule has 2 nitrogen and oxygen atoms in total. The van der Waals surface area contributed by atoms with Crippen LogP contribution < -0.4 is 0 Å². The average molecular weight is 224 g/mol. The van der Waals surface area contributed by atoms with Crippen LogP contribution in [0.15, 0.2) is 12.2 Å². The van der Waals surface area contributed by atoms with Gasteiger partial charge in [0.05, 0.1) is 0 Å². The van der Waals surface area contributed by atoms with Crippen molar-refractivity contribution < 1.29 is 9.59 Å². The van der Waals surface area contributed by atoms with Crippen LogP contribution >= 0.6 is 0 Å². The van der Waals surface area contributed by atoms with Gasteiger partial charge in [-0.25, -0.2) is 0 Å². The highest BCUT2D eigenvalue weighted by Crippen LogP contribution is 2.20. The second-order valence-electron chi connectivity index (χ2n) is 4.86. The van der Waals surface area contributed by atoms with Crippen molar-refractivity contribution in [3.8, 4) is 0 Å². The molecule has 0 amide bonds. The zero-order valence-electron chi connectivity index (χ0n) is 10.9. The summed E-state index contributed by atoms with van der Waals surface area (Å²) in [5.41, 5.74) is 0. The lowest BCUT2D eigenvalue weighted by Crippen LogP contribution is -2.24. The van der Waals surface area contributed by atoms with Gasteiger partial charge in [0, 0.05) is 18.3 Å². The van der Waals surface area contributed by atoms with E-state index in [1.807, 2.05) is 26.0 Å². The van der Waals surface area contributed by atoms with Crippen LogP contribution in [0.5, 0.6) is 0 Å². The Morgan fingerprint density at radius 1 is 1.06 bits per heavy atom. The highest BCUT2D eigenvalue weighted by atomic mass is 16.1. The van der Waals surface area contributed by atoms with Crippen LogP contribution in [-0.4, -0.2) is 12.1 Å². The minimum atomic E-state index is 0.107. The van der Waals surface area contributed by atoms with Gasteiger partial charge < -0.3 is 4.79 Å². The molecular formula is C14H24O2. The Bertz CT molecular complexity index is 239. The summed E-state index contributed by atoms with van der Waals surface area (Å²) in [5.74, 6) is 0.948. The normalized spacial score (nSPS) is 13.6. The van der Waals surface area contributed by atoms with Gasteiger partial charge in [-0.3, -0.25) is 4.79 Å². The molecule has 0 heterocycles. The van der Waals surface area contributed by atoms with E-state index in [1.54, 1.807) is 0 Å². The van der Waals surface area contributed by atoms with Gasteiger partial charge in [0.15, 0.2) is 0 Å². The third-order valence-corrected chi connectivity index (χ3v) is 2.75. The second kappa shape index (κ2) is 8.26. The summed E-state index contributed by atoms with van der Waals surface area (Å²) in [7, 11) is 0. The third-order valence-electron chi connectivity index (χ3n) is 2.75. The van der Waals surface area contributed by atoms with Crippen LogP contribution in [0.1, 0.15) is 47.0 Å². The molecule has 0 aliphatic heterocycles. The molecule has 0 aliphatic rings. The molecule has 92 valence electrons. The Kier molecular flexibility index (Phi) is 7.78. The quantitative estimate of drug-likeness (QED) is 0.360. The van der Waals surface area contributed by atoms with Crippen molar-refractivity contribution in [2.75, 3.05) is 0 Å². The van der Waals surface area contributed by atoms with Gasteiger partial charge >= 0.3 is 0 Å². The van der Waals surface area contributed by atoms with E-state index >= 15 is 0 Å². The molecule has 0 saturated heterocycles. The molecule has 0 aromatic carbocycles. The molecule has 0 aromatic heterocycles. The number of unbranched alkanes of at least 4 members (excludes halogenated alkanes) is 1. The molecule has 0 rings (SSSR count). The maximum Gasteiger partial charge on any atom is 0.139 e. The minimum absolute atomic E-state index is 0.107. The van der Waals surface area contributed by atoms with E-state index < -0.39 is 0 Å². The van der Waals surface area contributed by atoms with Crippen molar-refractivity contribution in [3.63, 3.8) is 0 Å². The first-order valence-corrected chi connectivity index (χ1v) is 6.13. The molecule has 0 spiro atoms. The van der Waals surface area contributed by atoms with E-state index in [0.29, 0.717) is 18.1 Å². The molecule has 16 heavy (non-hydrogen) atoms. The minimum Gasteiger partial charge on any atom is -0.303 e. The fraction of sp³-hybridized carbons (Fsp3) is 0.714. The number of carbonyl (C=O) groups excluding carboxylic acids is 2. The second-order valence-corrected chi connectivity index (χ2v) is 4.86. The fourth-order valence-electron chi connectivity index (χ4n) is 1.67. The zero-order chi connectivity index (χ0) is 12.6. The summed E-state index contributed by atoms with van der Waals surface area (Å²) in [4.78, 5) is 22.0. The highest BCUT2D eigenvalue weighted by Gasteiger charge is 2.22. The van der Waals surface area contributed by atoms with Gasteiger partial charge in [-0.05, 0) is 18.8 Å². The summed E-state index contributed by atoms with van der Waals surface area (Å²) in [6.07, 6.45) is 7.11. The highest BCUT2D eigenvalue weighted by molar-refractivity contribution is 5.83. The summed E-state index contributed by atoms with van der Waals surface area (Å²) in [6, 6.07) is 0. The molecule has 0 fully saturated rings.